The fourth-order valence-electron chi connectivity index (χ4n) is 4.97. The van der Waals surface area contributed by atoms with Gasteiger partial charge in [0.05, 0.1) is 5.39 Å². The molecule has 2 aliphatic heterocycles. The number of rotatable bonds is 2. The Morgan fingerprint density at radius 1 is 1.12 bits per heavy atom. The van der Waals surface area contributed by atoms with Crippen LogP contribution in [0.5, 0.6) is 0 Å². The Hall–Kier alpha value is -1.69. The molecular weight excluding hydrogens is 332 g/mol. The smallest absolute Gasteiger partial charge is 0.245 e. The highest BCUT2D eigenvalue weighted by Gasteiger charge is 2.46. The van der Waals surface area contributed by atoms with Gasteiger partial charge in [-0.3, -0.25) is 4.79 Å². The van der Waals surface area contributed by atoms with Crippen LogP contribution in [0.4, 0.5) is 5.82 Å². The van der Waals surface area contributed by atoms with E-state index in [2.05, 4.69) is 31.2 Å². The van der Waals surface area contributed by atoms with E-state index < -0.39 is 0 Å². The van der Waals surface area contributed by atoms with Gasteiger partial charge in [0.1, 0.15) is 23.0 Å². The highest BCUT2D eigenvalue weighted by molar-refractivity contribution is 7.16. The van der Waals surface area contributed by atoms with Crippen molar-refractivity contribution in [1.29, 1.82) is 0 Å². The number of anilines is 1. The summed E-state index contributed by atoms with van der Waals surface area (Å²) in [4.78, 5) is 27.6. The van der Waals surface area contributed by atoms with Crippen molar-refractivity contribution in [3.05, 3.63) is 17.8 Å². The van der Waals surface area contributed by atoms with Crippen molar-refractivity contribution in [2.45, 2.75) is 57.0 Å². The predicted molar refractivity (Wildman–Crippen MR) is 99.9 cm³/mol. The van der Waals surface area contributed by atoms with E-state index in [9.17, 15) is 4.79 Å². The summed E-state index contributed by atoms with van der Waals surface area (Å²) in [7, 11) is 0. The van der Waals surface area contributed by atoms with Gasteiger partial charge in [0.25, 0.3) is 0 Å². The molecule has 3 atom stereocenters. The van der Waals surface area contributed by atoms with Crippen LogP contribution in [0.3, 0.4) is 0 Å². The van der Waals surface area contributed by atoms with Crippen LogP contribution in [-0.4, -0.2) is 45.9 Å². The lowest BCUT2D eigenvalue weighted by atomic mass is 9.84. The van der Waals surface area contributed by atoms with Gasteiger partial charge < -0.3 is 9.80 Å². The molecule has 25 heavy (non-hydrogen) atoms. The fourth-order valence-corrected chi connectivity index (χ4v) is 5.69. The first kappa shape index (κ1) is 15.6. The normalized spacial score (nSPS) is 29.4. The number of thiophene rings is 1. The van der Waals surface area contributed by atoms with Gasteiger partial charge in [-0.25, -0.2) is 9.97 Å². The number of aromatic nitrogens is 2. The van der Waals surface area contributed by atoms with Crippen LogP contribution in [0.2, 0.25) is 0 Å². The monoisotopic (exact) mass is 356 g/mol. The van der Waals surface area contributed by atoms with E-state index in [0.29, 0.717) is 11.9 Å². The second-order valence-electron chi connectivity index (χ2n) is 7.64. The Morgan fingerprint density at radius 2 is 2.04 bits per heavy atom. The topological polar surface area (TPSA) is 49.3 Å². The molecule has 0 aromatic carbocycles. The Labute approximate surface area is 152 Å². The molecule has 1 aliphatic carbocycles. The van der Waals surface area contributed by atoms with Gasteiger partial charge >= 0.3 is 0 Å². The number of likely N-dealkylation sites (tertiary alicyclic amines) is 1. The molecule has 0 radical (unpaired) electrons. The first-order chi connectivity index (χ1) is 12.3. The number of amides is 1. The number of nitrogens with zero attached hydrogens (tertiary/aromatic N) is 4. The van der Waals surface area contributed by atoms with Crippen LogP contribution in [0.15, 0.2) is 17.8 Å². The average molecular weight is 356 g/mol. The van der Waals surface area contributed by atoms with Crippen molar-refractivity contribution < 1.29 is 4.79 Å². The lowest BCUT2D eigenvalue weighted by molar-refractivity contribution is -0.145. The first-order valence-electron chi connectivity index (χ1n) is 9.58. The summed E-state index contributed by atoms with van der Waals surface area (Å²) >= 11 is 1.64. The molecule has 2 aromatic heterocycles. The maximum absolute atomic E-state index is 13.3. The molecular formula is C19H24N4OS. The maximum atomic E-state index is 13.3. The van der Waals surface area contributed by atoms with Crippen molar-refractivity contribution in [3.8, 4) is 0 Å². The van der Waals surface area contributed by atoms with Gasteiger partial charge in [-0.1, -0.05) is 19.3 Å². The molecule has 5 nitrogen and oxygen atoms in total. The van der Waals surface area contributed by atoms with Crippen molar-refractivity contribution in [1.82, 2.24) is 14.9 Å². The summed E-state index contributed by atoms with van der Waals surface area (Å²) < 4.78 is 0. The van der Waals surface area contributed by atoms with Crippen molar-refractivity contribution in [3.63, 3.8) is 0 Å². The largest absolute Gasteiger partial charge is 0.344 e. The van der Waals surface area contributed by atoms with Crippen LogP contribution >= 0.6 is 11.3 Å². The van der Waals surface area contributed by atoms with Crippen LogP contribution < -0.4 is 4.90 Å². The third kappa shape index (κ3) is 2.53. The lowest BCUT2D eigenvalue weighted by Gasteiger charge is -2.49. The van der Waals surface area contributed by atoms with E-state index in [0.717, 1.165) is 47.9 Å². The summed E-state index contributed by atoms with van der Waals surface area (Å²) in [6.07, 6.45) is 10.1. The predicted octanol–water partition coefficient (Wildman–Crippen LogP) is 3.45. The van der Waals surface area contributed by atoms with Gasteiger partial charge in [0.2, 0.25) is 5.91 Å². The van der Waals surface area contributed by atoms with Gasteiger partial charge in [0.15, 0.2) is 0 Å². The Balaban J connectivity index is 1.40. The molecule has 1 saturated carbocycles. The van der Waals surface area contributed by atoms with Crippen LogP contribution in [0.25, 0.3) is 10.2 Å². The van der Waals surface area contributed by atoms with Crippen molar-refractivity contribution in [2.75, 3.05) is 18.0 Å². The minimum absolute atomic E-state index is 0.0396. The second kappa shape index (κ2) is 6.24. The molecule has 3 aliphatic rings. The van der Waals surface area contributed by atoms with Gasteiger partial charge in [-0.15, -0.1) is 11.3 Å². The molecule has 0 spiro atoms. The molecule has 6 heteroatoms. The van der Waals surface area contributed by atoms with E-state index >= 15 is 0 Å². The molecule has 1 amide bonds. The standard InChI is InChI=1S/C19H24N4OS/c24-19(23-11-13-5-2-1-3-6-15(13)23)16-7-4-9-22(16)17-14-8-10-25-18(14)21-12-20-17/h8,10,12-13,15-16H,1-7,9,11H2/t13-,15-,16+/m1/s1. The van der Waals surface area contributed by atoms with E-state index in [1.807, 2.05) is 0 Å². The number of carbonyl (C=O) groups is 1. The van der Waals surface area contributed by atoms with Gasteiger partial charge in [-0.05, 0) is 43.0 Å². The van der Waals surface area contributed by atoms with Crippen molar-refractivity contribution >= 4 is 33.3 Å². The number of fused-ring (bicyclic) bond motifs is 2. The lowest BCUT2D eigenvalue weighted by Crippen LogP contribution is -2.62. The first-order valence-corrected chi connectivity index (χ1v) is 10.5. The number of hydrogen-bond donors (Lipinski definition) is 0. The highest BCUT2D eigenvalue weighted by atomic mass is 32.1. The molecule has 132 valence electrons. The van der Waals surface area contributed by atoms with E-state index in [-0.39, 0.29) is 6.04 Å². The van der Waals surface area contributed by atoms with Gasteiger partial charge in [-0.2, -0.15) is 0 Å². The summed E-state index contributed by atoms with van der Waals surface area (Å²) in [5, 5.41) is 3.14. The molecule has 2 aromatic rings. The summed E-state index contributed by atoms with van der Waals surface area (Å²) in [6, 6.07) is 2.55. The summed E-state index contributed by atoms with van der Waals surface area (Å²) in [6.45, 7) is 1.89. The molecule has 0 N–H and O–H groups in total. The third-order valence-corrected chi connectivity index (χ3v) is 7.10. The Morgan fingerprint density at radius 3 is 3.00 bits per heavy atom. The minimum Gasteiger partial charge on any atom is -0.344 e. The maximum Gasteiger partial charge on any atom is 0.245 e. The average Bonchev–Trinajstić information content (AvgIpc) is 3.24. The van der Waals surface area contributed by atoms with Crippen LogP contribution in [-0.2, 0) is 4.79 Å². The zero-order chi connectivity index (χ0) is 16.8. The zero-order valence-electron chi connectivity index (χ0n) is 14.4. The van der Waals surface area contributed by atoms with E-state index in [4.69, 9.17) is 0 Å². The third-order valence-electron chi connectivity index (χ3n) is 6.28. The SMILES string of the molecule is O=C([C@@H]1CCCN1c1ncnc2sccc12)N1C[C@H]2CCCCC[C@H]21. The van der Waals surface area contributed by atoms with Crippen LogP contribution in [0.1, 0.15) is 44.9 Å². The zero-order valence-corrected chi connectivity index (χ0v) is 15.2. The molecule has 5 rings (SSSR count). The van der Waals surface area contributed by atoms with E-state index in [1.165, 1.54) is 32.1 Å². The van der Waals surface area contributed by atoms with E-state index in [1.54, 1.807) is 17.7 Å². The Bertz CT molecular complexity index is 791. The Kier molecular flexibility index (Phi) is 3.88. The minimum atomic E-state index is -0.0396. The quantitative estimate of drug-likeness (QED) is 0.827. The molecule has 3 fully saturated rings. The number of carbonyl (C=O) groups excluding carboxylic acids is 1. The fraction of sp³-hybridized carbons (Fsp3) is 0.632. The number of hydrogen-bond acceptors (Lipinski definition) is 5. The molecule has 0 unspecified atom stereocenters. The second-order valence-corrected chi connectivity index (χ2v) is 8.54. The summed E-state index contributed by atoms with van der Waals surface area (Å²) in [5.41, 5.74) is 0. The van der Waals surface area contributed by atoms with Crippen LogP contribution in [0, 0.1) is 5.92 Å². The molecule has 0 bridgehead atoms. The highest BCUT2D eigenvalue weighted by Crippen LogP contribution is 2.39. The summed E-state index contributed by atoms with van der Waals surface area (Å²) in [5.74, 6) is 2.03. The molecule has 2 saturated heterocycles. The van der Waals surface area contributed by atoms with Gasteiger partial charge in [0, 0.05) is 19.1 Å². The van der Waals surface area contributed by atoms with Crippen molar-refractivity contribution in [2.24, 2.45) is 5.92 Å². The molecule has 4 heterocycles.